The highest BCUT2D eigenvalue weighted by atomic mass is 15.1. The van der Waals surface area contributed by atoms with Gasteiger partial charge in [0.15, 0.2) is 0 Å². The number of likely N-dealkylation sites (N-methyl/N-ethyl adjacent to an activating group) is 1. The monoisotopic (exact) mass is 160 g/mol. The number of unbranched alkanes of at least 4 members (excludes halogenated alkanes) is 1. The Hall–Kier alpha value is -0.0800. The summed E-state index contributed by atoms with van der Waals surface area (Å²) in [6.07, 6.45) is 3.87. The number of rotatable bonds is 6. The Morgan fingerprint density at radius 2 is 2.00 bits per heavy atom. The molecule has 2 atom stereocenters. The zero-order valence-electron chi connectivity index (χ0n) is 8.32. The summed E-state index contributed by atoms with van der Waals surface area (Å²) < 4.78 is 0. The molecule has 0 spiro atoms. The van der Waals surface area contributed by atoms with Crippen LogP contribution in [0.5, 0.6) is 0 Å². The second-order valence-electron chi connectivity index (χ2n) is 3.54. The molecular weight excluding hydrogens is 136 g/mol. The summed E-state index contributed by atoms with van der Waals surface area (Å²) in [4.78, 5) is 1.63. The molecule has 0 aromatic rings. The molecule has 0 saturated carbocycles. The topological polar surface area (TPSA) is 32.1 Å². The molecule has 0 aliphatic heterocycles. The first-order chi connectivity index (χ1) is 5.20. The predicted molar refractivity (Wildman–Crippen MR) is 48.5 cm³/mol. The Morgan fingerprint density at radius 3 is 2.45 bits per heavy atom. The lowest BCUT2D eigenvalue weighted by molar-refractivity contribution is -0.890. The first-order valence-corrected chi connectivity index (χ1v) is 4.85. The van der Waals surface area contributed by atoms with Crippen LogP contribution in [0.15, 0.2) is 0 Å². The van der Waals surface area contributed by atoms with Crippen molar-refractivity contribution in [1.29, 1.82) is 0 Å². The molecule has 2 heteroatoms. The molecule has 11 heavy (non-hydrogen) atoms. The van der Waals surface area contributed by atoms with E-state index < -0.39 is 0 Å². The number of quaternary nitrogens is 2. The molecule has 0 aromatic carbocycles. The number of hydrogen-bond acceptors (Lipinski definition) is 0. The Balaban J connectivity index is 3.27. The fourth-order valence-electron chi connectivity index (χ4n) is 1.22. The predicted octanol–water partition coefficient (Wildman–Crippen LogP) is -0.678. The van der Waals surface area contributed by atoms with Crippen molar-refractivity contribution in [2.75, 3.05) is 20.1 Å². The summed E-state index contributed by atoms with van der Waals surface area (Å²) in [5.41, 5.74) is 4.08. The minimum absolute atomic E-state index is 0.645. The molecule has 0 bridgehead atoms. The fourth-order valence-corrected chi connectivity index (χ4v) is 1.22. The van der Waals surface area contributed by atoms with Crippen LogP contribution in [0.3, 0.4) is 0 Å². The van der Waals surface area contributed by atoms with Gasteiger partial charge in [0.1, 0.15) is 12.6 Å². The lowest BCUT2D eigenvalue weighted by atomic mass is 10.2. The Labute approximate surface area is 70.8 Å². The van der Waals surface area contributed by atoms with Crippen LogP contribution in [0, 0.1) is 0 Å². The van der Waals surface area contributed by atoms with Crippen LogP contribution < -0.4 is 10.6 Å². The maximum atomic E-state index is 4.08. The van der Waals surface area contributed by atoms with Crippen molar-refractivity contribution in [3.8, 4) is 0 Å². The molecule has 4 N–H and O–H groups in total. The average Bonchev–Trinajstić information content (AvgIpc) is 2.00. The van der Waals surface area contributed by atoms with Crippen molar-refractivity contribution in [3.63, 3.8) is 0 Å². The quantitative estimate of drug-likeness (QED) is 0.516. The van der Waals surface area contributed by atoms with E-state index in [1.165, 1.54) is 32.4 Å². The minimum atomic E-state index is 0.645. The summed E-state index contributed by atoms with van der Waals surface area (Å²) in [6.45, 7) is 7.00. The SMILES string of the molecule is CCCC[NH+](C)C[C@@H]([NH3+])CC. The van der Waals surface area contributed by atoms with E-state index in [2.05, 4.69) is 26.6 Å². The van der Waals surface area contributed by atoms with E-state index in [-0.39, 0.29) is 0 Å². The molecule has 0 saturated heterocycles. The Morgan fingerprint density at radius 1 is 1.36 bits per heavy atom. The van der Waals surface area contributed by atoms with Gasteiger partial charge >= 0.3 is 0 Å². The van der Waals surface area contributed by atoms with E-state index in [1.54, 1.807) is 4.90 Å². The van der Waals surface area contributed by atoms with Crippen LogP contribution in [0.2, 0.25) is 0 Å². The van der Waals surface area contributed by atoms with Gasteiger partial charge in [-0.2, -0.15) is 0 Å². The minimum Gasteiger partial charge on any atom is -0.350 e. The first kappa shape index (κ1) is 10.9. The third-order valence-electron chi connectivity index (χ3n) is 2.17. The van der Waals surface area contributed by atoms with Crippen LogP contribution in [0.4, 0.5) is 0 Å². The zero-order valence-corrected chi connectivity index (χ0v) is 8.32. The van der Waals surface area contributed by atoms with E-state index in [0.29, 0.717) is 6.04 Å². The van der Waals surface area contributed by atoms with Crippen LogP contribution >= 0.6 is 0 Å². The molecule has 0 amide bonds. The van der Waals surface area contributed by atoms with Crippen LogP contribution in [-0.2, 0) is 0 Å². The summed E-state index contributed by atoms with van der Waals surface area (Å²) >= 11 is 0. The highest BCUT2D eigenvalue weighted by Crippen LogP contribution is 1.80. The van der Waals surface area contributed by atoms with Gasteiger partial charge in [-0.3, -0.25) is 0 Å². The molecular formula is C9H24N2+2. The highest BCUT2D eigenvalue weighted by Gasteiger charge is 2.09. The van der Waals surface area contributed by atoms with Crippen LogP contribution in [-0.4, -0.2) is 26.2 Å². The van der Waals surface area contributed by atoms with Crippen molar-refractivity contribution in [1.82, 2.24) is 0 Å². The third kappa shape index (κ3) is 6.32. The standard InChI is InChI=1S/C9H22N2/c1-4-6-7-11(3)8-9(10)5-2/h9H,4-8,10H2,1-3H3/p+2/t9-/m0/s1. The summed E-state index contributed by atoms with van der Waals surface area (Å²) in [5.74, 6) is 0. The number of hydrogen-bond donors (Lipinski definition) is 2. The smallest absolute Gasteiger partial charge is 0.134 e. The van der Waals surface area contributed by atoms with Gasteiger partial charge in [0, 0.05) is 6.42 Å². The normalized spacial score (nSPS) is 16.4. The molecule has 2 nitrogen and oxygen atoms in total. The number of nitrogens with one attached hydrogen (secondary N) is 1. The summed E-state index contributed by atoms with van der Waals surface area (Å²) in [6, 6.07) is 0.645. The third-order valence-corrected chi connectivity index (χ3v) is 2.17. The molecule has 0 rings (SSSR count). The van der Waals surface area contributed by atoms with Gasteiger partial charge in [-0.15, -0.1) is 0 Å². The van der Waals surface area contributed by atoms with E-state index >= 15 is 0 Å². The van der Waals surface area contributed by atoms with Crippen molar-refractivity contribution in [2.45, 2.75) is 39.2 Å². The second kappa shape index (κ2) is 6.62. The van der Waals surface area contributed by atoms with Gasteiger partial charge in [-0.25, -0.2) is 0 Å². The highest BCUT2D eigenvalue weighted by molar-refractivity contribution is 4.44. The van der Waals surface area contributed by atoms with Crippen molar-refractivity contribution in [2.24, 2.45) is 0 Å². The fraction of sp³-hybridized carbons (Fsp3) is 1.00. The average molecular weight is 160 g/mol. The van der Waals surface area contributed by atoms with E-state index in [1.807, 2.05) is 0 Å². The van der Waals surface area contributed by atoms with Crippen LogP contribution in [0.25, 0.3) is 0 Å². The van der Waals surface area contributed by atoms with Gasteiger partial charge in [-0.05, 0) is 6.42 Å². The second-order valence-corrected chi connectivity index (χ2v) is 3.54. The summed E-state index contributed by atoms with van der Waals surface area (Å²) in [7, 11) is 2.27. The van der Waals surface area contributed by atoms with Gasteiger partial charge in [-0.1, -0.05) is 20.3 Å². The molecule has 0 aliphatic rings. The molecule has 68 valence electrons. The molecule has 1 unspecified atom stereocenters. The van der Waals surface area contributed by atoms with Crippen LogP contribution in [0.1, 0.15) is 33.1 Å². The lowest BCUT2D eigenvalue weighted by Gasteiger charge is -2.14. The maximum absolute atomic E-state index is 4.08. The largest absolute Gasteiger partial charge is 0.350 e. The van der Waals surface area contributed by atoms with Gasteiger partial charge in [0.05, 0.1) is 13.6 Å². The summed E-state index contributed by atoms with van der Waals surface area (Å²) in [5, 5.41) is 0. The van der Waals surface area contributed by atoms with E-state index in [9.17, 15) is 0 Å². The van der Waals surface area contributed by atoms with Crippen molar-refractivity contribution >= 4 is 0 Å². The van der Waals surface area contributed by atoms with E-state index in [0.717, 1.165) is 0 Å². The van der Waals surface area contributed by atoms with Crippen molar-refractivity contribution < 1.29 is 10.6 Å². The molecule has 0 fully saturated rings. The molecule has 0 aromatic heterocycles. The molecule has 0 heterocycles. The van der Waals surface area contributed by atoms with Gasteiger partial charge < -0.3 is 10.6 Å². The van der Waals surface area contributed by atoms with E-state index in [4.69, 9.17) is 0 Å². The van der Waals surface area contributed by atoms with Crippen molar-refractivity contribution in [3.05, 3.63) is 0 Å². The lowest BCUT2D eigenvalue weighted by Crippen LogP contribution is -3.11. The first-order valence-electron chi connectivity index (χ1n) is 4.85. The molecule has 0 radical (unpaired) electrons. The van der Waals surface area contributed by atoms with Gasteiger partial charge in [0.25, 0.3) is 0 Å². The zero-order chi connectivity index (χ0) is 8.69. The molecule has 0 aliphatic carbocycles. The Bertz CT molecular complexity index is 83.6. The Kier molecular flexibility index (Phi) is 6.57. The van der Waals surface area contributed by atoms with Gasteiger partial charge in [0.2, 0.25) is 0 Å². The maximum Gasteiger partial charge on any atom is 0.134 e.